The van der Waals surface area contributed by atoms with Gasteiger partial charge >= 0.3 is 0 Å². The van der Waals surface area contributed by atoms with Crippen LogP contribution in [0.3, 0.4) is 0 Å². The number of hydrogen-bond donors (Lipinski definition) is 1. The fourth-order valence-corrected chi connectivity index (χ4v) is 2.98. The van der Waals surface area contributed by atoms with Crippen molar-refractivity contribution in [3.8, 4) is 0 Å². The van der Waals surface area contributed by atoms with E-state index in [-0.39, 0.29) is 10.8 Å². The maximum Gasteiger partial charge on any atom is 0.230 e. The average molecular weight is 250 g/mol. The van der Waals surface area contributed by atoms with Gasteiger partial charge in [-0.05, 0) is 24.7 Å². The zero-order valence-electron chi connectivity index (χ0n) is 12.0. The molecule has 0 spiro atoms. The quantitative estimate of drug-likeness (QED) is 0.765. The predicted molar refractivity (Wildman–Crippen MR) is 74.1 cm³/mol. The first kappa shape index (κ1) is 13.6. The van der Waals surface area contributed by atoms with E-state index in [2.05, 4.69) is 26.8 Å². The molecule has 1 amide bonds. The lowest BCUT2D eigenvalue weighted by Crippen LogP contribution is -2.53. The van der Waals surface area contributed by atoms with Gasteiger partial charge in [0.05, 0.1) is 5.41 Å². The second-order valence-corrected chi connectivity index (χ2v) is 6.82. The Morgan fingerprint density at radius 1 is 1.44 bits per heavy atom. The number of rotatable bonds is 2. The minimum atomic E-state index is -0.215. The van der Waals surface area contributed by atoms with Crippen molar-refractivity contribution in [2.75, 3.05) is 19.6 Å². The fourth-order valence-electron chi connectivity index (χ4n) is 2.98. The summed E-state index contributed by atoms with van der Waals surface area (Å²) in [5.41, 5.74) is 7.30. The van der Waals surface area contributed by atoms with Gasteiger partial charge in [-0.1, -0.05) is 38.8 Å². The summed E-state index contributed by atoms with van der Waals surface area (Å²) < 4.78 is 0. The minimum absolute atomic E-state index is 0.215. The third-order valence-electron chi connectivity index (χ3n) is 4.61. The van der Waals surface area contributed by atoms with Crippen LogP contribution in [0.15, 0.2) is 11.6 Å². The number of nitrogens with zero attached hydrogens (tertiary/aromatic N) is 1. The molecule has 1 heterocycles. The molecule has 1 saturated carbocycles. The Hall–Kier alpha value is -0.830. The van der Waals surface area contributed by atoms with Crippen molar-refractivity contribution in [1.82, 2.24) is 4.90 Å². The number of amides is 1. The van der Waals surface area contributed by atoms with E-state index in [9.17, 15) is 4.79 Å². The van der Waals surface area contributed by atoms with Crippen LogP contribution >= 0.6 is 0 Å². The predicted octanol–water partition coefficient (Wildman–Crippen LogP) is 2.32. The summed E-state index contributed by atoms with van der Waals surface area (Å²) in [6.07, 6.45) is 6.36. The number of hydrogen-bond acceptors (Lipinski definition) is 2. The van der Waals surface area contributed by atoms with Crippen LogP contribution < -0.4 is 5.73 Å². The molecule has 0 saturated heterocycles. The smallest absolute Gasteiger partial charge is 0.230 e. The molecular weight excluding hydrogens is 224 g/mol. The molecule has 0 aromatic rings. The van der Waals surface area contributed by atoms with Crippen LogP contribution in [-0.2, 0) is 4.79 Å². The highest BCUT2D eigenvalue weighted by atomic mass is 16.2. The lowest BCUT2D eigenvalue weighted by Gasteiger charge is -2.44. The van der Waals surface area contributed by atoms with Crippen LogP contribution in [0.2, 0.25) is 0 Å². The van der Waals surface area contributed by atoms with Gasteiger partial charge in [0.2, 0.25) is 5.91 Å². The lowest BCUT2D eigenvalue weighted by atomic mass is 9.67. The molecule has 0 bridgehead atoms. The summed E-state index contributed by atoms with van der Waals surface area (Å²) in [6, 6.07) is 0. The summed E-state index contributed by atoms with van der Waals surface area (Å²) >= 11 is 0. The van der Waals surface area contributed by atoms with Gasteiger partial charge in [0.1, 0.15) is 0 Å². The lowest BCUT2D eigenvalue weighted by molar-refractivity contribution is -0.146. The van der Waals surface area contributed by atoms with Crippen LogP contribution in [0.4, 0.5) is 0 Å². The van der Waals surface area contributed by atoms with Crippen LogP contribution in [0.5, 0.6) is 0 Å². The average Bonchev–Trinajstić information content (AvgIpc) is 2.27. The van der Waals surface area contributed by atoms with Crippen molar-refractivity contribution < 1.29 is 4.79 Å². The van der Waals surface area contributed by atoms with E-state index in [1.54, 1.807) is 0 Å². The minimum Gasteiger partial charge on any atom is -0.338 e. The molecule has 0 aromatic heterocycles. The van der Waals surface area contributed by atoms with E-state index in [1.807, 2.05) is 4.90 Å². The molecular formula is C15H26N2O. The first-order chi connectivity index (χ1) is 8.39. The molecule has 18 heavy (non-hydrogen) atoms. The second kappa shape index (κ2) is 4.69. The second-order valence-electron chi connectivity index (χ2n) is 6.82. The first-order valence-corrected chi connectivity index (χ1v) is 7.08. The highest BCUT2D eigenvalue weighted by Gasteiger charge is 2.45. The Morgan fingerprint density at radius 3 is 2.44 bits per heavy atom. The van der Waals surface area contributed by atoms with Crippen molar-refractivity contribution in [3.05, 3.63) is 11.6 Å². The van der Waals surface area contributed by atoms with E-state index < -0.39 is 0 Å². The van der Waals surface area contributed by atoms with E-state index in [0.29, 0.717) is 12.5 Å². The zero-order chi connectivity index (χ0) is 13.4. The normalized spacial score (nSPS) is 23.3. The Kier molecular flexibility index (Phi) is 3.54. The molecule has 1 aliphatic heterocycles. The number of carbonyl (C=O) groups excluding carboxylic acids is 1. The highest BCUT2D eigenvalue weighted by molar-refractivity contribution is 5.84. The number of carbonyl (C=O) groups is 1. The van der Waals surface area contributed by atoms with Gasteiger partial charge in [-0.2, -0.15) is 0 Å². The molecule has 2 aliphatic rings. The van der Waals surface area contributed by atoms with Crippen LogP contribution in [0.1, 0.15) is 46.5 Å². The van der Waals surface area contributed by atoms with Crippen LogP contribution in [0, 0.1) is 10.8 Å². The fraction of sp³-hybridized carbons (Fsp3) is 0.800. The summed E-state index contributed by atoms with van der Waals surface area (Å²) in [4.78, 5) is 14.5. The summed E-state index contributed by atoms with van der Waals surface area (Å²) in [5, 5.41) is 0. The van der Waals surface area contributed by atoms with Crippen molar-refractivity contribution in [2.24, 2.45) is 16.6 Å². The summed E-state index contributed by atoms with van der Waals surface area (Å²) in [7, 11) is 0. The van der Waals surface area contributed by atoms with Gasteiger partial charge in [0, 0.05) is 19.6 Å². The molecule has 0 atom stereocenters. The van der Waals surface area contributed by atoms with Gasteiger partial charge in [-0.25, -0.2) is 0 Å². The topological polar surface area (TPSA) is 46.3 Å². The van der Waals surface area contributed by atoms with Crippen molar-refractivity contribution >= 4 is 5.91 Å². The molecule has 1 aliphatic carbocycles. The van der Waals surface area contributed by atoms with Crippen LogP contribution in [0.25, 0.3) is 0 Å². The van der Waals surface area contributed by atoms with Gasteiger partial charge in [0.25, 0.3) is 0 Å². The van der Waals surface area contributed by atoms with Crippen molar-refractivity contribution in [3.63, 3.8) is 0 Å². The maximum atomic E-state index is 12.5. The molecule has 3 heteroatoms. The van der Waals surface area contributed by atoms with Gasteiger partial charge in [-0.3, -0.25) is 4.79 Å². The van der Waals surface area contributed by atoms with E-state index in [0.717, 1.165) is 38.8 Å². The standard InChI is InChI=1S/C15H26N2O/c1-14(2,3)12-5-9-17(10-6-12)13(18)15(11-16)7-4-8-15/h5H,4,6-11,16H2,1-3H3. The Labute approximate surface area is 110 Å². The zero-order valence-corrected chi connectivity index (χ0v) is 12.0. The number of nitrogens with two attached hydrogens (primary N) is 1. The molecule has 1 fully saturated rings. The first-order valence-electron chi connectivity index (χ1n) is 7.08. The Bertz CT molecular complexity index is 356. The Balaban J connectivity index is 2.02. The molecule has 0 unspecified atom stereocenters. The monoisotopic (exact) mass is 250 g/mol. The van der Waals surface area contributed by atoms with Crippen LogP contribution in [-0.4, -0.2) is 30.4 Å². The van der Waals surface area contributed by atoms with E-state index in [1.165, 1.54) is 5.57 Å². The van der Waals surface area contributed by atoms with Gasteiger partial charge < -0.3 is 10.6 Å². The van der Waals surface area contributed by atoms with E-state index >= 15 is 0 Å². The highest BCUT2D eigenvalue weighted by Crippen LogP contribution is 2.42. The van der Waals surface area contributed by atoms with E-state index in [4.69, 9.17) is 5.73 Å². The molecule has 0 aromatic carbocycles. The maximum absolute atomic E-state index is 12.5. The molecule has 0 radical (unpaired) electrons. The Morgan fingerprint density at radius 2 is 2.11 bits per heavy atom. The molecule has 2 N–H and O–H groups in total. The molecule has 3 nitrogen and oxygen atoms in total. The van der Waals surface area contributed by atoms with Gasteiger partial charge in [-0.15, -0.1) is 0 Å². The largest absolute Gasteiger partial charge is 0.338 e. The molecule has 2 rings (SSSR count). The summed E-state index contributed by atoms with van der Waals surface area (Å²) in [5.74, 6) is 0.292. The molecule has 102 valence electrons. The SMILES string of the molecule is CC(C)(C)C1=CCN(C(=O)C2(CN)CCC2)CC1. The van der Waals surface area contributed by atoms with Crippen molar-refractivity contribution in [2.45, 2.75) is 46.5 Å². The third-order valence-corrected chi connectivity index (χ3v) is 4.61. The third kappa shape index (κ3) is 2.33. The van der Waals surface area contributed by atoms with Crippen molar-refractivity contribution in [1.29, 1.82) is 0 Å². The summed E-state index contributed by atoms with van der Waals surface area (Å²) in [6.45, 7) is 8.87. The van der Waals surface area contributed by atoms with Gasteiger partial charge in [0.15, 0.2) is 0 Å².